The van der Waals surface area contributed by atoms with Gasteiger partial charge >= 0.3 is 0 Å². The van der Waals surface area contributed by atoms with Crippen molar-refractivity contribution in [3.63, 3.8) is 0 Å². The third-order valence-corrected chi connectivity index (χ3v) is 1.44. The van der Waals surface area contributed by atoms with E-state index >= 15 is 0 Å². The van der Waals surface area contributed by atoms with Gasteiger partial charge in [-0.25, -0.2) is 13.2 Å². The first-order valence-corrected chi connectivity index (χ1v) is 3.15. The summed E-state index contributed by atoms with van der Waals surface area (Å²) >= 11 is 0. The summed E-state index contributed by atoms with van der Waals surface area (Å²) in [6.07, 6.45) is -2.80. The predicted molar refractivity (Wildman–Crippen MR) is 40.2 cm³/mol. The van der Waals surface area contributed by atoms with Gasteiger partial charge in [0.05, 0.1) is 11.4 Å². The average molecular weight is 176 g/mol. The highest BCUT2D eigenvalue weighted by Crippen LogP contribution is 2.29. The molecule has 0 unspecified atom stereocenters. The lowest BCUT2D eigenvalue weighted by Gasteiger charge is -2.06. The molecule has 0 fully saturated rings. The van der Waals surface area contributed by atoms with E-state index in [1.54, 1.807) is 0 Å². The Morgan fingerprint density at radius 1 is 1.17 bits per heavy atom. The molecule has 2 nitrogen and oxygen atoms in total. The summed E-state index contributed by atoms with van der Waals surface area (Å²) in [5, 5.41) is 0. The van der Waals surface area contributed by atoms with Crippen molar-refractivity contribution in [3.8, 4) is 0 Å². The first kappa shape index (κ1) is 8.70. The lowest BCUT2D eigenvalue weighted by Crippen LogP contribution is -2.01. The van der Waals surface area contributed by atoms with Gasteiger partial charge in [0.25, 0.3) is 6.43 Å². The van der Waals surface area contributed by atoms with Crippen LogP contribution in [0.25, 0.3) is 0 Å². The van der Waals surface area contributed by atoms with Gasteiger partial charge in [-0.15, -0.1) is 0 Å². The molecule has 0 heterocycles. The van der Waals surface area contributed by atoms with Crippen molar-refractivity contribution in [1.29, 1.82) is 0 Å². The standard InChI is InChI=1S/C7H7F3N2/c8-3-1-4(7(9)10)6(12)5(11)2-3/h1-2,7H,11-12H2. The van der Waals surface area contributed by atoms with E-state index < -0.39 is 17.8 Å². The number of nitrogens with two attached hydrogens (primary N) is 2. The highest BCUT2D eigenvalue weighted by Gasteiger charge is 2.14. The van der Waals surface area contributed by atoms with Gasteiger partial charge in [0.15, 0.2) is 0 Å². The van der Waals surface area contributed by atoms with Crippen LogP contribution in [0.3, 0.4) is 0 Å². The van der Waals surface area contributed by atoms with Crippen molar-refractivity contribution >= 4 is 11.4 Å². The van der Waals surface area contributed by atoms with E-state index in [9.17, 15) is 13.2 Å². The second-order valence-corrected chi connectivity index (χ2v) is 2.30. The van der Waals surface area contributed by atoms with Crippen molar-refractivity contribution in [2.24, 2.45) is 0 Å². The van der Waals surface area contributed by atoms with Crippen LogP contribution >= 0.6 is 0 Å². The van der Waals surface area contributed by atoms with E-state index in [0.717, 1.165) is 6.07 Å². The molecule has 66 valence electrons. The number of nitrogen functional groups attached to an aromatic ring is 2. The number of rotatable bonds is 1. The number of hydrogen-bond donors (Lipinski definition) is 2. The van der Waals surface area contributed by atoms with Crippen LogP contribution < -0.4 is 11.5 Å². The van der Waals surface area contributed by atoms with Crippen LogP contribution in [0.1, 0.15) is 12.0 Å². The molecular weight excluding hydrogens is 169 g/mol. The molecule has 0 aliphatic carbocycles. The fraction of sp³-hybridized carbons (Fsp3) is 0.143. The van der Waals surface area contributed by atoms with Gasteiger partial charge < -0.3 is 11.5 Å². The maximum absolute atomic E-state index is 12.5. The molecule has 1 rings (SSSR count). The van der Waals surface area contributed by atoms with Crippen LogP contribution in [-0.4, -0.2) is 0 Å². The summed E-state index contributed by atoms with van der Waals surface area (Å²) in [4.78, 5) is 0. The minimum atomic E-state index is -2.80. The topological polar surface area (TPSA) is 52.0 Å². The summed E-state index contributed by atoms with van der Waals surface area (Å²) < 4.78 is 36.7. The first-order chi connectivity index (χ1) is 5.52. The van der Waals surface area contributed by atoms with Crippen LogP contribution in [0, 0.1) is 5.82 Å². The quantitative estimate of drug-likeness (QED) is 0.642. The third-order valence-electron chi connectivity index (χ3n) is 1.44. The fourth-order valence-electron chi connectivity index (χ4n) is 0.841. The normalized spacial score (nSPS) is 10.7. The molecule has 4 N–H and O–H groups in total. The van der Waals surface area contributed by atoms with Crippen molar-refractivity contribution in [2.75, 3.05) is 11.5 Å². The highest BCUT2D eigenvalue weighted by molar-refractivity contribution is 5.67. The van der Waals surface area contributed by atoms with E-state index in [4.69, 9.17) is 11.5 Å². The largest absolute Gasteiger partial charge is 0.397 e. The SMILES string of the molecule is Nc1cc(F)cc(C(F)F)c1N. The molecule has 0 radical (unpaired) electrons. The smallest absolute Gasteiger partial charge is 0.266 e. The zero-order chi connectivity index (χ0) is 9.30. The molecule has 0 amide bonds. The monoisotopic (exact) mass is 176 g/mol. The van der Waals surface area contributed by atoms with Crippen molar-refractivity contribution < 1.29 is 13.2 Å². The molecule has 0 spiro atoms. The van der Waals surface area contributed by atoms with E-state index in [1.165, 1.54) is 0 Å². The summed E-state index contributed by atoms with van der Waals surface area (Å²) in [5.41, 5.74) is 9.36. The molecule has 0 aliphatic rings. The summed E-state index contributed by atoms with van der Waals surface area (Å²) in [6, 6.07) is 1.58. The molecule has 1 aromatic carbocycles. The lowest BCUT2D eigenvalue weighted by atomic mass is 10.1. The van der Waals surface area contributed by atoms with Crippen molar-refractivity contribution in [3.05, 3.63) is 23.5 Å². The highest BCUT2D eigenvalue weighted by atomic mass is 19.3. The minimum absolute atomic E-state index is 0.162. The zero-order valence-electron chi connectivity index (χ0n) is 6.02. The number of anilines is 2. The number of halogens is 3. The molecule has 0 saturated carbocycles. The molecular formula is C7H7F3N2. The molecule has 0 bridgehead atoms. The molecule has 0 aromatic heterocycles. The Hall–Kier alpha value is -1.39. The second-order valence-electron chi connectivity index (χ2n) is 2.30. The van der Waals surface area contributed by atoms with E-state index in [0.29, 0.717) is 6.07 Å². The Morgan fingerprint density at radius 2 is 1.75 bits per heavy atom. The molecule has 5 heteroatoms. The number of benzene rings is 1. The van der Waals surface area contributed by atoms with Crippen LogP contribution in [-0.2, 0) is 0 Å². The Morgan fingerprint density at radius 3 is 2.25 bits per heavy atom. The number of hydrogen-bond acceptors (Lipinski definition) is 2. The van der Waals surface area contributed by atoms with Gasteiger partial charge in [-0.05, 0) is 12.1 Å². The average Bonchev–Trinajstić information content (AvgIpc) is 1.96. The Bertz CT molecular complexity index is 299. The first-order valence-electron chi connectivity index (χ1n) is 3.15. The van der Waals surface area contributed by atoms with Gasteiger partial charge in [-0.3, -0.25) is 0 Å². The summed E-state index contributed by atoms with van der Waals surface area (Å²) in [5.74, 6) is -0.808. The van der Waals surface area contributed by atoms with Crippen molar-refractivity contribution in [2.45, 2.75) is 6.43 Å². The van der Waals surface area contributed by atoms with Gasteiger partial charge in [0, 0.05) is 5.56 Å². The Balaban J connectivity index is 3.28. The third kappa shape index (κ3) is 1.44. The summed E-state index contributed by atoms with van der Waals surface area (Å²) in [7, 11) is 0. The fourth-order valence-corrected chi connectivity index (χ4v) is 0.841. The number of alkyl halides is 2. The van der Waals surface area contributed by atoms with E-state index in [-0.39, 0.29) is 11.4 Å². The predicted octanol–water partition coefficient (Wildman–Crippen LogP) is 1.93. The minimum Gasteiger partial charge on any atom is -0.397 e. The Kier molecular flexibility index (Phi) is 2.12. The maximum atomic E-state index is 12.5. The van der Waals surface area contributed by atoms with Gasteiger partial charge in [-0.1, -0.05) is 0 Å². The van der Waals surface area contributed by atoms with E-state index in [1.807, 2.05) is 0 Å². The lowest BCUT2D eigenvalue weighted by molar-refractivity contribution is 0.152. The van der Waals surface area contributed by atoms with Crippen LogP contribution in [0.5, 0.6) is 0 Å². The van der Waals surface area contributed by atoms with E-state index in [2.05, 4.69) is 0 Å². The zero-order valence-corrected chi connectivity index (χ0v) is 6.02. The summed E-state index contributed by atoms with van der Waals surface area (Å²) in [6.45, 7) is 0. The van der Waals surface area contributed by atoms with Crippen LogP contribution in [0.15, 0.2) is 12.1 Å². The maximum Gasteiger partial charge on any atom is 0.266 e. The Labute approximate surface area is 67.0 Å². The molecule has 12 heavy (non-hydrogen) atoms. The van der Waals surface area contributed by atoms with Gasteiger partial charge in [-0.2, -0.15) is 0 Å². The molecule has 0 saturated heterocycles. The molecule has 0 aliphatic heterocycles. The second kappa shape index (κ2) is 2.92. The van der Waals surface area contributed by atoms with Crippen molar-refractivity contribution in [1.82, 2.24) is 0 Å². The molecule has 1 aromatic rings. The van der Waals surface area contributed by atoms with Crippen LogP contribution in [0.4, 0.5) is 24.5 Å². The van der Waals surface area contributed by atoms with Gasteiger partial charge in [0.1, 0.15) is 5.82 Å². The van der Waals surface area contributed by atoms with Gasteiger partial charge in [0.2, 0.25) is 0 Å². The molecule has 0 atom stereocenters. The van der Waals surface area contributed by atoms with Crippen LogP contribution in [0.2, 0.25) is 0 Å².